The molecule has 1 N–H and O–H groups in total. The fraction of sp³-hybridized carbons (Fsp3) is 0.312. The molecule has 0 radical (unpaired) electrons. The molecule has 0 unspecified atom stereocenters. The van der Waals surface area contributed by atoms with Crippen molar-refractivity contribution in [3.63, 3.8) is 0 Å². The van der Waals surface area contributed by atoms with Crippen molar-refractivity contribution < 1.29 is 17.9 Å². The highest BCUT2D eigenvalue weighted by molar-refractivity contribution is 7.91. The van der Waals surface area contributed by atoms with Crippen LogP contribution in [0.15, 0.2) is 46.0 Å². The van der Waals surface area contributed by atoms with Crippen LogP contribution in [0.1, 0.15) is 19.4 Å². The molecule has 0 aliphatic heterocycles. The van der Waals surface area contributed by atoms with Crippen molar-refractivity contribution in [2.45, 2.75) is 30.7 Å². The van der Waals surface area contributed by atoms with Gasteiger partial charge in [-0.15, -0.1) is 11.3 Å². The largest absolute Gasteiger partial charge is 0.460 e. The molecule has 0 bridgehead atoms. The van der Waals surface area contributed by atoms with Crippen molar-refractivity contribution in [2.75, 3.05) is 0 Å². The fourth-order valence-electron chi connectivity index (χ4n) is 1.92. The van der Waals surface area contributed by atoms with Gasteiger partial charge in [0.05, 0.1) is 0 Å². The van der Waals surface area contributed by atoms with Crippen molar-refractivity contribution in [3.8, 4) is 0 Å². The number of rotatable bonds is 7. The van der Waals surface area contributed by atoms with Gasteiger partial charge in [-0.1, -0.05) is 43.6 Å². The zero-order chi connectivity index (χ0) is 17.7. The summed E-state index contributed by atoms with van der Waals surface area (Å²) in [5, 5.41) is 2.26. The van der Waals surface area contributed by atoms with Crippen molar-refractivity contribution >= 4 is 38.9 Å². The second-order valence-corrected chi connectivity index (χ2v) is 8.83. The van der Waals surface area contributed by atoms with Gasteiger partial charge in [-0.25, -0.2) is 8.42 Å². The lowest BCUT2D eigenvalue weighted by atomic mass is 10.1. The first-order valence-electron chi connectivity index (χ1n) is 7.26. The Hall–Kier alpha value is -1.41. The zero-order valence-corrected chi connectivity index (χ0v) is 15.6. The van der Waals surface area contributed by atoms with Crippen molar-refractivity contribution in [2.24, 2.45) is 5.92 Å². The number of halogens is 1. The molecule has 0 saturated carbocycles. The zero-order valence-electron chi connectivity index (χ0n) is 13.2. The number of sulfonamides is 1. The van der Waals surface area contributed by atoms with Crippen LogP contribution in [0.2, 0.25) is 5.02 Å². The number of carbonyl (C=O) groups excluding carboxylic acids is 1. The number of esters is 1. The second kappa shape index (κ2) is 8.11. The predicted molar refractivity (Wildman–Crippen MR) is 94.5 cm³/mol. The van der Waals surface area contributed by atoms with E-state index in [2.05, 4.69) is 4.72 Å². The summed E-state index contributed by atoms with van der Waals surface area (Å²) in [5.41, 5.74) is 0.774. The van der Waals surface area contributed by atoms with Crippen LogP contribution in [0.3, 0.4) is 0 Å². The summed E-state index contributed by atoms with van der Waals surface area (Å²) < 4.78 is 32.4. The molecule has 8 heteroatoms. The molecule has 24 heavy (non-hydrogen) atoms. The fourth-order valence-corrected chi connectivity index (χ4v) is 4.39. The van der Waals surface area contributed by atoms with Crippen LogP contribution < -0.4 is 4.72 Å². The minimum absolute atomic E-state index is 0.0555. The molecule has 1 aromatic heterocycles. The minimum Gasteiger partial charge on any atom is -0.460 e. The molecule has 2 aromatic rings. The Kier molecular flexibility index (Phi) is 6.40. The van der Waals surface area contributed by atoms with Gasteiger partial charge in [0.2, 0.25) is 0 Å². The van der Waals surface area contributed by atoms with Crippen LogP contribution in [-0.2, 0) is 26.2 Å². The summed E-state index contributed by atoms with van der Waals surface area (Å²) in [7, 11) is -3.74. The maximum atomic E-state index is 12.3. The Labute approximate surface area is 150 Å². The molecule has 1 atom stereocenters. The highest BCUT2D eigenvalue weighted by atomic mass is 35.5. The van der Waals surface area contributed by atoms with Crippen LogP contribution in [-0.4, -0.2) is 20.4 Å². The van der Waals surface area contributed by atoms with Gasteiger partial charge in [-0.05, 0) is 35.1 Å². The van der Waals surface area contributed by atoms with E-state index in [0.29, 0.717) is 5.02 Å². The molecule has 1 heterocycles. The quantitative estimate of drug-likeness (QED) is 0.738. The van der Waals surface area contributed by atoms with Crippen LogP contribution >= 0.6 is 22.9 Å². The van der Waals surface area contributed by atoms with E-state index in [0.717, 1.165) is 16.9 Å². The van der Waals surface area contributed by atoms with E-state index in [4.69, 9.17) is 16.3 Å². The molecule has 0 amide bonds. The van der Waals surface area contributed by atoms with Gasteiger partial charge >= 0.3 is 5.97 Å². The van der Waals surface area contributed by atoms with Gasteiger partial charge in [0, 0.05) is 5.02 Å². The summed E-state index contributed by atoms with van der Waals surface area (Å²) in [5.74, 6) is -0.863. The van der Waals surface area contributed by atoms with Crippen molar-refractivity contribution in [1.82, 2.24) is 4.72 Å². The van der Waals surface area contributed by atoms with Crippen LogP contribution in [0.4, 0.5) is 0 Å². The second-order valence-electron chi connectivity index (χ2n) is 5.51. The number of benzene rings is 1. The number of carbonyl (C=O) groups is 1. The average molecular weight is 388 g/mol. The number of nitrogens with one attached hydrogen (secondary N) is 1. The van der Waals surface area contributed by atoms with Crippen LogP contribution in [0.25, 0.3) is 0 Å². The number of hydrogen-bond donors (Lipinski definition) is 1. The summed E-state index contributed by atoms with van der Waals surface area (Å²) >= 11 is 6.90. The molecule has 0 fully saturated rings. The lowest BCUT2D eigenvalue weighted by Gasteiger charge is -2.20. The molecule has 5 nitrogen and oxygen atoms in total. The third-order valence-corrected chi connectivity index (χ3v) is 6.35. The van der Waals surface area contributed by atoms with Crippen molar-refractivity contribution in [3.05, 3.63) is 52.4 Å². The molecular formula is C16H18ClNO4S2. The number of ether oxygens (including phenoxy) is 1. The topological polar surface area (TPSA) is 72.5 Å². The van der Waals surface area contributed by atoms with E-state index >= 15 is 0 Å². The molecule has 0 aliphatic carbocycles. The van der Waals surface area contributed by atoms with E-state index < -0.39 is 22.0 Å². The lowest BCUT2D eigenvalue weighted by Crippen LogP contribution is -2.45. The van der Waals surface area contributed by atoms with Gasteiger partial charge in [-0.2, -0.15) is 4.72 Å². The highest BCUT2D eigenvalue weighted by Crippen LogP contribution is 2.18. The van der Waals surface area contributed by atoms with Gasteiger partial charge in [0.15, 0.2) is 0 Å². The van der Waals surface area contributed by atoms with Gasteiger partial charge < -0.3 is 4.74 Å². The first kappa shape index (κ1) is 18.9. The summed E-state index contributed by atoms with van der Waals surface area (Å²) in [6.07, 6.45) is 0. The highest BCUT2D eigenvalue weighted by Gasteiger charge is 2.30. The van der Waals surface area contributed by atoms with Gasteiger partial charge in [0.1, 0.15) is 16.9 Å². The first-order chi connectivity index (χ1) is 11.3. The Morgan fingerprint density at radius 2 is 1.92 bits per heavy atom. The molecule has 0 aliphatic rings. The third-order valence-electron chi connectivity index (χ3n) is 3.26. The Bertz CT molecular complexity index is 771. The molecule has 0 saturated heterocycles. The normalized spacial score (nSPS) is 13.0. The Morgan fingerprint density at radius 3 is 2.46 bits per heavy atom. The monoisotopic (exact) mass is 387 g/mol. The van der Waals surface area contributed by atoms with E-state index in [-0.39, 0.29) is 16.7 Å². The van der Waals surface area contributed by atoms with Crippen LogP contribution in [0, 0.1) is 5.92 Å². The van der Waals surface area contributed by atoms with Crippen LogP contribution in [0.5, 0.6) is 0 Å². The molecule has 2 rings (SSSR count). The van der Waals surface area contributed by atoms with Gasteiger partial charge in [-0.3, -0.25) is 4.79 Å². The SMILES string of the molecule is CC(C)[C@H](NS(=O)(=O)c1cccs1)C(=O)OCc1ccc(Cl)cc1. The molecular weight excluding hydrogens is 370 g/mol. The Balaban J connectivity index is 2.04. The summed E-state index contributed by atoms with van der Waals surface area (Å²) in [6, 6.07) is 9.07. The third kappa shape index (κ3) is 5.04. The summed E-state index contributed by atoms with van der Waals surface area (Å²) in [4.78, 5) is 12.3. The average Bonchev–Trinajstić information content (AvgIpc) is 3.07. The van der Waals surface area contributed by atoms with Gasteiger partial charge in [0.25, 0.3) is 10.0 Å². The lowest BCUT2D eigenvalue weighted by molar-refractivity contribution is -0.148. The Morgan fingerprint density at radius 1 is 1.25 bits per heavy atom. The van der Waals surface area contributed by atoms with E-state index in [1.807, 2.05) is 0 Å². The predicted octanol–water partition coefficient (Wildman–Crippen LogP) is 3.45. The first-order valence-corrected chi connectivity index (χ1v) is 10.0. The minimum atomic E-state index is -3.74. The standard InChI is InChI=1S/C16H18ClNO4S2/c1-11(2)15(18-24(20,21)14-4-3-9-23-14)16(19)22-10-12-5-7-13(17)8-6-12/h3-9,11,15,18H,10H2,1-2H3/t15-/m0/s1. The maximum Gasteiger partial charge on any atom is 0.324 e. The maximum absolute atomic E-state index is 12.3. The van der Waals surface area contributed by atoms with E-state index in [1.165, 1.54) is 6.07 Å². The molecule has 0 spiro atoms. The smallest absolute Gasteiger partial charge is 0.324 e. The number of hydrogen-bond acceptors (Lipinski definition) is 5. The molecule has 1 aromatic carbocycles. The molecule has 130 valence electrons. The van der Waals surface area contributed by atoms with E-state index in [1.54, 1.807) is 49.6 Å². The summed E-state index contributed by atoms with van der Waals surface area (Å²) in [6.45, 7) is 3.57. The van der Waals surface area contributed by atoms with Crippen molar-refractivity contribution in [1.29, 1.82) is 0 Å². The number of thiophene rings is 1. The van der Waals surface area contributed by atoms with E-state index in [9.17, 15) is 13.2 Å².